The fraction of sp³-hybridized carbons (Fsp3) is 0. The Morgan fingerprint density at radius 1 is 0.632 bits per heavy atom. The van der Waals surface area contributed by atoms with Crippen LogP contribution in [0.15, 0.2) is 66.7 Å². The molecular formula is C16H13BN2. The standard InChI is InChI=1S/C16H13BN2/c17-16-18-14(12-7-3-1-4-8-12)11-15(19-16)13-9-5-2-6-10-13/h1-11H,17H2. The van der Waals surface area contributed by atoms with Crippen LogP contribution in [0, 0.1) is 0 Å². The molecule has 3 aromatic rings. The van der Waals surface area contributed by atoms with Crippen LogP contribution in [0.5, 0.6) is 0 Å². The SMILES string of the molecule is Bc1nc(-c2ccccc2)cc(-c2ccccc2)n1. The van der Waals surface area contributed by atoms with Crippen LogP contribution in [-0.2, 0) is 0 Å². The Morgan fingerprint density at radius 2 is 1.05 bits per heavy atom. The van der Waals surface area contributed by atoms with Crippen molar-refractivity contribution in [2.45, 2.75) is 0 Å². The Balaban J connectivity index is 2.12. The Morgan fingerprint density at radius 3 is 1.47 bits per heavy atom. The van der Waals surface area contributed by atoms with Crippen molar-refractivity contribution in [2.75, 3.05) is 0 Å². The molecule has 2 nitrogen and oxygen atoms in total. The smallest absolute Gasteiger partial charge is 0.189 e. The number of benzene rings is 2. The molecule has 0 saturated heterocycles. The maximum Gasteiger partial charge on any atom is 0.189 e. The van der Waals surface area contributed by atoms with E-state index in [-0.39, 0.29) is 0 Å². The number of rotatable bonds is 2. The van der Waals surface area contributed by atoms with Gasteiger partial charge in [0.2, 0.25) is 0 Å². The number of hydrogen-bond acceptors (Lipinski definition) is 2. The van der Waals surface area contributed by atoms with Gasteiger partial charge in [-0.3, -0.25) is 0 Å². The molecule has 3 rings (SSSR count). The molecule has 0 aliphatic rings. The minimum atomic E-state index is 0.792. The third-order valence-electron chi connectivity index (χ3n) is 2.98. The van der Waals surface area contributed by atoms with Crippen molar-refractivity contribution >= 4 is 13.6 Å². The summed E-state index contributed by atoms with van der Waals surface area (Å²) in [7, 11) is 1.93. The topological polar surface area (TPSA) is 25.8 Å². The highest BCUT2D eigenvalue weighted by Crippen LogP contribution is 2.21. The largest absolute Gasteiger partial charge is 0.244 e. The van der Waals surface area contributed by atoms with Gasteiger partial charge in [-0.2, -0.15) is 0 Å². The van der Waals surface area contributed by atoms with Crippen LogP contribution < -0.4 is 5.72 Å². The average molecular weight is 244 g/mol. The van der Waals surface area contributed by atoms with Gasteiger partial charge in [0.1, 0.15) is 0 Å². The van der Waals surface area contributed by atoms with Crippen LogP contribution in [0.3, 0.4) is 0 Å². The summed E-state index contributed by atoms with van der Waals surface area (Å²) in [6.07, 6.45) is 0. The molecule has 1 aromatic heterocycles. The van der Waals surface area contributed by atoms with Crippen molar-refractivity contribution in [3.8, 4) is 22.5 Å². The van der Waals surface area contributed by atoms with E-state index in [0.717, 1.165) is 28.2 Å². The van der Waals surface area contributed by atoms with Gasteiger partial charge < -0.3 is 0 Å². The fourth-order valence-corrected chi connectivity index (χ4v) is 2.08. The zero-order valence-corrected chi connectivity index (χ0v) is 10.7. The van der Waals surface area contributed by atoms with E-state index in [0.29, 0.717) is 0 Å². The van der Waals surface area contributed by atoms with Gasteiger partial charge in [-0.15, -0.1) is 0 Å². The lowest BCUT2D eigenvalue weighted by Gasteiger charge is -2.06. The van der Waals surface area contributed by atoms with Gasteiger partial charge in [0.05, 0.1) is 17.1 Å². The van der Waals surface area contributed by atoms with E-state index in [4.69, 9.17) is 0 Å². The molecule has 2 aromatic carbocycles. The van der Waals surface area contributed by atoms with Crippen LogP contribution >= 0.6 is 0 Å². The molecule has 0 spiro atoms. The van der Waals surface area contributed by atoms with E-state index in [2.05, 4.69) is 34.2 Å². The summed E-state index contributed by atoms with van der Waals surface area (Å²) in [6.45, 7) is 0. The van der Waals surface area contributed by atoms with Gasteiger partial charge in [0, 0.05) is 11.1 Å². The maximum absolute atomic E-state index is 4.52. The highest BCUT2D eigenvalue weighted by atomic mass is 14.9. The van der Waals surface area contributed by atoms with Crippen LogP contribution in [0.25, 0.3) is 22.5 Å². The second-order valence-corrected chi connectivity index (χ2v) is 4.42. The minimum Gasteiger partial charge on any atom is -0.244 e. The number of aromatic nitrogens is 2. The van der Waals surface area contributed by atoms with E-state index in [1.165, 1.54) is 0 Å². The van der Waals surface area contributed by atoms with E-state index in [9.17, 15) is 0 Å². The Bertz CT molecular complexity index is 624. The molecule has 0 aliphatic heterocycles. The van der Waals surface area contributed by atoms with Gasteiger partial charge >= 0.3 is 0 Å². The van der Waals surface area contributed by atoms with E-state index in [1.807, 2.05) is 50.3 Å². The van der Waals surface area contributed by atoms with Crippen molar-refractivity contribution in [3.63, 3.8) is 0 Å². The lowest BCUT2D eigenvalue weighted by Crippen LogP contribution is -2.14. The minimum absolute atomic E-state index is 0.792. The lowest BCUT2D eigenvalue weighted by molar-refractivity contribution is 1.24. The van der Waals surface area contributed by atoms with E-state index in [1.54, 1.807) is 0 Å². The summed E-state index contributed by atoms with van der Waals surface area (Å²) in [4.78, 5) is 9.04. The second-order valence-electron chi connectivity index (χ2n) is 4.42. The summed E-state index contributed by atoms with van der Waals surface area (Å²) < 4.78 is 0. The summed E-state index contributed by atoms with van der Waals surface area (Å²) >= 11 is 0. The van der Waals surface area contributed by atoms with Crippen molar-refractivity contribution in [1.82, 2.24) is 9.97 Å². The maximum atomic E-state index is 4.52. The molecule has 0 aliphatic carbocycles. The van der Waals surface area contributed by atoms with Crippen molar-refractivity contribution in [2.24, 2.45) is 0 Å². The first kappa shape index (κ1) is 11.7. The van der Waals surface area contributed by atoms with Crippen LogP contribution in [-0.4, -0.2) is 17.8 Å². The molecule has 0 amide bonds. The molecule has 3 heteroatoms. The molecule has 0 unspecified atom stereocenters. The van der Waals surface area contributed by atoms with E-state index >= 15 is 0 Å². The Labute approximate surface area is 113 Å². The monoisotopic (exact) mass is 244 g/mol. The van der Waals surface area contributed by atoms with E-state index < -0.39 is 0 Å². The van der Waals surface area contributed by atoms with Crippen LogP contribution in [0.4, 0.5) is 0 Å². The van der Waals surface area contributed by atoms with Crippen LogP contribution in [0.1, 0.15) is 0 Å². The fourth-order valence-electron chi connectivity index (χ4n) is 2.08. The van der Waals surface area contributed by atoms with Gasteiger partial charge in [-0.05, 0) is 6.07 Å². The summed E-state index contributed by atoms with van der Waals surface area (Å²) in [6, 6.07) is 22.4. The van der Waals surface area contributed by atoms with Gasteiger partial charge in [-0.1, -0.05) is 60.7 Å². The summed E-state index contributed by atoms with van der Waals surface area (Å²) in [5.74, 6) is 0. The molecule has 0 radical (unpaired) electrons. The van der Waals surface area contributed by atoms with Gasteiger partial charge in [0.15, 0.2) is 7.85 Å². The molecule has 0 atom stereocenters. The second kappa shape index (κ2) is 5.06. The molecule has 1 heterocycles. The highest BCUT2D eigenvalue weighted by molar-refractivity contribution is 6.29. The van der Waals surface area contributed by atoms with Crippen molar-refractivity contribution in [1.29, 1.82) is 0 Å². The highest BCUT2D eigenvalue weighted by Gasteiger charge is 2.05. The van der Waals surface area contributed by atoms with Gasteiger partial charge in [-0.25, -0.2) is 9.97 Å². The third-order valence-corrected chi connectivity index (χ3v) is 2.98. The first-order valence-electron chi connectivity index (χ1n) is 6.29. The van der Waals surface area contributed by atoms with Crippen molar-refractivity contribution in [3.05, 3.63) is 66.7 Å². The Kier molecular flexibility index (Phi) is 3.11. The summed E-state index contributed by atoms with van der Waals surface area (Å²) in [5.41, 5.74) is 4.95. The lowest BCUT2D eigenvalue weighted by atomic mass is 10.0. The first-order valence-corrected chi connectivity index (χ1v) is 6.29. The number of nitrogens with zero attached hydrogens (tertiary/aromatic N) is 2. The zero-order valence-electron chi connectivity index (χ0n) is 10.7. The molecule has 0 N–H and O–H groups in total. The molecule has 0 bridgehead atoms. The third kappa shape index (κ3) is 2.55. The number of hydrogen-bond donors (Lipinski definition) is 0. The van der Waals surface area contributed by atoms with Crippen LogP contribution in [0.2, 0.25) is 0 Å². The predicted octanol–water partition coefficient (Wildman–Crippen LogP) is 2.07. The predicted molar refractivity (Wildman–Crippen MR) is 81.1 cm³/mol. The molecule has 0 saturated carbocycles. The Hall–Kier alpha value is -2.42. The molecule has 90 valence electrons. The molecule has 0 fully saturated rings. The summed E-state index contributed by atoms with van der Waals surface area (Å²) in [5, 5.41) is 0. The van der Waals surface area contributed by atoms with Gasteiger partial charge in [0.25, 0.3) is 0 Å². The normalized spacial score (nSPS) is 10.3. The first-order chi connectivity index (χ1) is 9.33. The average Bonchev–Trinajstić information content (AvgIpc) is 2.48. The van der Waals surface area contributed by atoms with Crippen molar-refractivity contribution < 1.29 is 0 Å². The zero-order chi connectivity index (χ0) is 13.1. The molecule has 19 heavy (non-hydrogen) atoms. The quantitative estimate of drug-likeness (QED) is 0.645. The molecular weight excluding hydrogens is 231 g/mol.